The molecule has 6 heteroatoms. The molecular formula is C18H18N2O3S. The quantitative estimate of drug-likeness (QED) is 0.838. The molecule has 2 aromatic rings. The van der Waals surface area contributed by atoms with E-state index in [2.05, 4.69) is 16.4 Å². The van der Waals surface area contributed by atoms with Gasteiger partial charge in [0.15, 0.2) is 5.13 Å². The first kappa shape index (κ1) is 15.3. The van der Waals surface area contributed by atoms with Crippen molar-refractivity contribution in [3.8, 4) is 0 Å². The number of amides is 1. The van der Waals surface area contributed by atoms with Crippen molar-refractivity contribution in [3.05, 3.63) is 35.4 Å². The van der Waals surface area contributed by atoms with E-state index in [9.17, 15) is 14.7 Å². The molecule has 1 aromatic heterocycles. The van der Waals surface area contributed by atoms with Crippen LogP contribution < -0.4 is 5.32 Å². The molecule has 1 aromatic carbocycles. The molecule has 2 bridgehead atoms. The van der Waals surface area contributed by atoms with E-state index in [0.29, 0.717) is 5.13 Å². The van der Waals surface area contributed by atoms with Gasteiger partial charge in [-0.15, -0.1) is 0 Å². The lowest BCUT2D eigenvalue weighted by molar-refractivity contribution is -0.146. The van der Waals surface area contributed by atoms with Gasteiger partial charge in [-0.3, -0.25) is 9.59 Å². The smallest absolute Gasteiger partial charge is 0.307 e. The Bertz CT molecular complexity index is 847. The van der Waals surface area contributed by atoms with Gasteiger partial charge in [-0.25, -0.2) is 4.98 Å². The number of rotatable bonds is 3. The standard InChI is InChI=1S/C18H18N2O3S/c1-8-5-12-13(6-9(8)2)24-18(19-12)20-16(21)14-10-3-4-11(7-10)15(14)17(22)23/h3-6,10-11,14-15H,7H2,1-2H3,(H,22,23)(H,19,20,21)/t10-,11+,14-,15+/m1/s1. The van der Waals surface area contributed by atoms with E-state index in [1.165, 1.54) is 16.9 Å². The maximum Gasteiger partial charge on any atom is 0.307 e. The number of aliphatic carboxylic acids is 1. The van der Waals surface area contributed by atoms with Crippen molar-refractivity contribution in [3.63, 3.8) is 0 Å². The Balaban J connectivity index is 1.60. The maximum atomic E-state index is 12.7. The Morgan fingerprint density at radius 2 is 1.83 bits per heavy atom. The number of benzene rings is 1. The number of fused-ring (bicyclic) bond motifs is 3. The summed E-state index contributed by atoms with van der Waals surface area (Å²) in [5.74, 6) is -2.25. The number of nitrogens with zero attached hydrogens (tertiary/aromatic N) is 1. The molecule has 1 heterocycles. The number of hydrogen-bond donors (Lipinski definition) is 2. The van der Waals surface area contributed by atoms with E-state index >= 15 is 0 Å². The second kappa shape index (κ2) is 5.41. The van der Waals surface area contributed by atoms with Crippen LogP contribution in [0.15, 0.2) is 24.3 Å². The van der Waals surface area contributed by atoms with Gasteiger partial charge in [0.05, 0.1) is 22.1 Å². The van der Waals surface area contributed by atoms with Gasteiger partial charge in [0.25, 0.3) is 0 Å². The zero-order chi connectivity index (χ0) is 17.0. The largest absolute Gasteiger partial charge is 0.481 e. The summed E-state index contributed by atoms with van der Waals surface area (Å²) in [7, 11) is 0. The topological polar surface area (TPSA) is 79.3 Å². The zero-order valence-corrected chi connectivity index (χ0v) is 14.3. The Morgan fingerprint density at radius 1 is 1.17 bits per heavy atom. The fourth-order valence-electron chi connectivity index (χ4n) is 3.94. The predicted molar refractivity (Wildman–Crippen MR) is 93.1 cm³/mol. The van der Waals surface area contributed by atoms with Crippen molar-refractivity contribution in [1.82, 2.24) is 4.98 Å². The van der Waals surface area contributed by atoms with E-state index in [1.54, 1.807) is 0 Å². The number of thiazole rings is 1. The van der Waals surface area contributed by atoms with Gasteiger partial charge in [-0.2, -0.15) is 0 Å². The Morgan fingerprint density at radius 3 is 2.54 bits per heavy atom. The molecule has 124 valence electrons. The molecule has 5 nitrogen and oxygen atoms in total. The SMILES string of the molecule is Cc1cc2nc(NC(=O)[C@H]3[C@@H](C(=O)O)[C@H]4C=C[C@@H]3C4)sc2cc1C. The molecule has 1 saturated carbocycles. The van der Waals surface area contributed by atoms with Crippen LogP contribution in [0.25, 0.3) is 10.2 Å². The minimum absolute atomic E-state index is 0.0231. The normalized spacial score (nSPS) is 27.8. The molecule has 2 aliphatic carbocycles. The van der Waals surface area contributed by atoms with E-state index in [0.717, 1.165) is 22.2 Å². The minimum Gasteiger partial charge on any atom is -0.481 e. The molecule has 24 heavy (non-hydrogen) atoms. The predicted octanol–water partition coefficient (Wildman–Crippen LogP) is 3.37. The van der Waals surface area contributed by atoms with Gasteiger partial charge >= 0.3 is 5.97 Å². The van der Waals surface area contributed by atoms with E-state index in [-0.39, 0.29) is 17.7 Å². The second-order valence-corrected chi connectivity index (χ2v) is 7.78. The number of anilines is 1. The summed E-state index contributed by atoms with van der Waals surface area (Å²) in [5.41, 5.74) is 3.21. The van der Waals surface area contributed by atoms with Gasteiger partial charge in [0.2, 0.25) is 5.91 Å². The number of aromatic nitrogens is 1. The Labute approximate surface area is 143 Å². The van der Waals surface area contributed by atoms with Crippen LogP contribution in [0.5, 0.6) is 0 Å². The Kier molecular flexibility index (Phi) is 3.46. The van der Waals surface area contributed by atoms with E-state index in [4.69, 9.17) is 0 Å². The lowest BCUT2D eigenvalue weighted by atomic mass is 9.82. The van der Waals surface area contributed by atoms with Crippen molar-refractivity contribution < 1.29 is 14.7 Å². The molecule has 0 saturated heterocycles. The average molecular weight is 342 g/mol. The molecule has 0 aliphatic heterocycles. The minimum atomic E-state index is -0.887. The van der Waals surface area contributed by atoms with Crippen molar-refractivity contribution in [2.45, 2.75) is 20.3 Å². The number of carbonyl (C=O) groups is 2. The highest BCUT2D eigenvalue weighted by molar-refractivity contribution is 7.22. The zero-order valence-electron chi connectivity index (χ0n) is 13.4. The number of allylic oxidation sites excluding steroid dienone is 2. The van der Waals surface area contributed by atoms with Crippen LogP contribution in [0.4, 0.5) is 5.13 Å². The van der Waals surface area contributed by atoms with Gasteiger partial charge in [-0.05, 0) is 55.4 Å². The lowest BCUT2D eigenvalue weighted by Gasteiger charge is -2.23. The van der Waals surface area contributed by atoms with Crippen LogP contribution in [-0.2, 0) is 9.59 Å². The number of nitrogens with one attached hydrogen (secondary N) is 1. The lowest BCUT2D eigenvalue weighted by Crippen LogP contribution is -2.36. The van der Waals surface area contributed by atoms with Gasteiger partial charge in [0.1, 0.15) is 0 Å². The van der Waals surface area contributed by atoms with Crippen LogP contribution >= 0.6 is 11.3 Å². The molecule has 1 amide bonds. The highest BCUT2D eigenvalue weighted by atomic mass is 32.1. The third kappa shape index (κ3) is 2.33. The first-order chi connectivity index (χ1) is 11.4. The molecule has 4 rings (SSSR count). The van der Waals surface area contributed by atoms with Crippen LogP contribution in [0, 0.1) is 37.5 Å². The summed E-state index contributed by atoms with van der Waals surface area (Å²) in [4.78, 5) is 28.7. The van der Waals surface area contributed by atoms with Crippen molar-refractivity contribution in [2.24, 2.45) is 23.7 Å². The maximum absolute atomic E-state index is 12.7. The third-order valence-corrected chi connectivity index (χ3v) is 6.21. The summed E-state index contributed by atoms with van der Waals surface area (Å²) < 4.78 is 1.02. The van der Waals surface area contributed by atoms with Crippen molar-refractivity contribution in [1.29, 1.82) is 0 Å². The van der Waals surface area contributed by atoms with Crippen molar-refractivity contribution in [2.75, 3.05) is 5.32 Å². The monoisotopic (exact) mass is 342 g/mol. The van der Waals surface area contributed by atoms with Crippen LogP contribution in [-0.4, -0.2) is 22.0 Å². The van der Waals surface area contributed by atoms with Gasteiger partial charge in [0, 0.05) is 0 Å². The van der Waals surface area contributed by atoms with Gasteiger partial charge in [-0.1, -0.05) is 23.5 Å². The Hall–Kier alpha value is -2.21. The summed E-state index contributed by atoms with van der Waals surface area (Å²) in [5, 5.41) is 12.9. The van der Waals surface area contributed by atoms with Crippen molar-refractivity contribution >= 4 is 38.6 Å². The van der Waals surface area contributed by atoms with Crippen LogP contribution in [0.3, 0.4) is 0 Å². The molecule has 2 N–H and O–H groups in total. The summed E-state index contributed by atoms with van der Waals surface area (Å²) >= 11 is 1.43. The summed E-state index contributed by atoms with van der Waals surface area (Å²) in [6.07, 6.45) is 4.68. The molecule has 2 aliphatic rings. The van der Waals surface area contributed by atoms with Crippen LogP contribution in [0.2, 0.25) is 0 Å². The first-order valence-corrected chi connectivity index (χ1v) is 8.85. The average Bonchev–Trinajstić information content (AvgIpc) is 3.20. The highest BCUT2D eigenvalue weighted by Crippen LogP contribution is 2.48. The molecule has 0 unspecified atom stereocenters. The number of aryl methyl sites for hydroxylation is 2. The number of carbonyl (C=O) groups excluding carboxylic acids is 1. The molecule has 1 fully saturated rings. The highest BCUT2D eigenvalue weighted by Gasteiger charge is 2.51. The molecule has 0 radical (unpaired) electrons. The third-order valence-electron chi connectivity index (χ3n) is 5.28. The van der Waals surface area contributed by atoms with E-state index in [1.807, 2.05) is 32.1 Å². The molecular weight excluding hydrogens is 324 g/mol. The first-order valence-electron chi connectivity index (χ1n) is 8.04. The fourth-order valence-corrected chi connectivity index (χ4v) is 4.89. The summed E-state index contributed by atoms with van der Waals surface area (Å²) in [6.45, 7) is 4.08. The number of hydrogen-bond acceptors (Lipinski definition) is 4. The second-order valence-electron chi connectivity index (χ2n) is 6.75. The van der Waals surface area contributed by atoms with Gasteiger partial charge < -0.3 is 10.4 Å². The molecule has 4 atom stereocenters. The summed E-state index contributed by atoms with van der Waals surface area (Å²) in [6, 6.07) is 4.08. The molecule has 0 spiro atoms. The van der Waals surface area contributed by atoms with Crippen LogP contribution in [0.1, 0.15) is 17.5 Å². The number of carboxylic acid groups (broad SMARTS) is 1. The number of carboxylic acids is 1. The fraction of sp³-hybridized carbons (Fsp3) is 0.389. The van der Waals surface area contributed by atoms with E-state index < -0.39 is 17.8 Å².